The van der Waals surface area contributed by atoms with Crippen LogP contribution in [0.2, 0.25) is 0 Å². The van der Waals surface area contributed by atoms with Crippen LogP contribution in [0.5, 0.6) is 0 Å². The van der Waals surface area contributed by atoms with Gasteiger partial charge >= 0.3 is 6.18 Å². The van der Waals surface area contributed by atoms with Gasteiger partial charge in [-0.25, -0.2) is 4.39 Å². The average Bonchev–Trinajstić information content (AvgIpc) is 2.38. The smallest absolute Gasteiger partial charge is 0.379 e. The zero-order chi connectivity index (χ0) is 14.0. The van der Waals surface area contributed by atoms with Crippen LogP contribution in [0.15, 0.2) is 18.2 Å². The van der Waals surface area contributed by atoms with Gasteiger partial charge in [0.15, 0.2) is 6.10 Å². The Kier molecular flexibility index (Phi) is 3.96. The maximum atomic E-state index is 13.7. The van der Waals surface area contributed by atoms with Crippen molar-refractivity contribution in [3.63, 3.8) is 0 Å². The molecule has 1 fully saturated rings. The number of piperazine rings is 1. The van der Waals surface area contributed by atoms with Gasteiger partial charge in [0.05, 0.1) is 5.69 Å². The monoisotopic (exact) mass is 278 g/mol. The molecule has 0 amide bonds. The molecule has 1 aromatic carbocycles. The van der Waals surface area contributed by atoms with Gasteiger partial charge in [-0.05, 0) is 17.7 Å². The van der Waals surface area contributed by atoms with E-state index in [0.717, 1.165) is 18.2 Å². The molecule has 0 aromatic heterocycles. The topological polar surface area (TPSA) is 35.5 Å². The maximum absolute atomic E-state index is 13.7. The van der Waals surface area contributed by atoms with Crippen LogP contribution >= 0.6 is 0 Å². The molecule has 19 heavy (non-hydrogen) atoms. The van der Waals surface area contributed by atoms with Gasteiger partial charge in [0.25, 0.3) is 0 Å². The number of alkyl halides is 3. The molecule has 7 heteroatoms. The number of nitrogens with zero attached hydrogens (tertiary/aromatic N) is 1. The van der Waals surface area contributed by atoms with Crippen LogP contribution in [0, 0.1) is 5.82 Å². The minimum atomic E-state index is -4.75. The molecule has 1 saturated heterocycles. The summed E-state index contributed by atoms with van der Waals surface area (Å²) in [5.41, 5.74) is -0.246. The third-order valence-corrected chi connectivity index (χ3v) is 3.05. The zero-order valence-electron chi connectivity index (χ0n) is 10.0. The van der Waals surface area contributed by atoms with E-state index in [1.165, 1.54) is 0 Å². The van der Waals surface area contributed by atoms with Crippen LogP contribution in [0.25, 0.3) is 0 Å². The summed E-state index contributed by atoms with van der Waals surface area (Å²) in [5, 5.41) is 12.3. The Labute approximate surface area is 107 Å². The maximum Gasteiger partial charge on any atom is 0.418 e. The second-order valence-corrected chi connectivity index (χ2v) is 4.39. The minimum absolute atomic E-state index is 0.0994. The Morgan fingerprint density at radius 3 is 2.42 bits per heavy atom. The summed E-state index contributed by atoms with van der Waals surface area (Å²) in [6.45, 7) is 2.32. The molecular weight excluding hydrogens is 264 g/mol. The van der Waals surface area contributed by atoms with E-state index >= 15 is 0 Å². The highest BCUT2D eigenvalue weighted by Crippen LogP contribution is 2.34. The highest BCUT2D eigenvalue weighted by atomic mass is 19.4. The molecule has 0 aliphatic carbocycles. The lowest BCUT2D eigenvalue weighted by molar-refractivity contribution is -0.206. The number of hydrogen-bond donors (Lipinski definition) is 2. The molecule has 1 unspecified atom stereocenters. The number of rotatable bonds is 2. The molecule has 1 aliphatic rings. The number of aliphatic hydroxyl groups is 1. The number of hydrogen-bond acceptors (Lipinski definition) is 3. The molecule has 0 spiro atoms. The second-order valence-electron chi connectivity index (χ2n) is 4.39. The molecule has 0 bridgehead atoms. The van der Waals surface area contributed by atoms with Crippen molar-refractivity contribution < 1.29 is 22.7 Å². The summed E-state index contributed by atoms with van der Waals surface area (Å²) >= 11 is 0. The van der Waals surface area contributed by atoms with Gasteiger partial charge < -0.3 is 15.3 Å². The molecule has 106 valence electrons. The predicted molar refractivity (Wildman–Crippen MR) is 62.5 cm³/mol. The largest absolute Gasteiger partial charge is 0.418 e. The van der Waals surface area contributed by atoms with Crippen LogP contribution in [-0.2, 0) is 0 Å². The van der Waals surface area contributed by atoms with Crippen LogP contribution in [0.1, 0.15) is 11.7 Å². The number of anilines is 1. The van der Waals surface area contributed by atoms with E-state index in [4.69, 9.17) is 0 Å². The highest BCUT2D eigenvalue weighted by molar-refractivity contribution is 5.51. The third-order valence-electron chi connectivity index (χ3n) is 3.05. The van der Waals surface area contributed by atoms with Gasteiger partial charge in [-0.1, -0.05) is 6.07 Å². The number of nitrogens with one attached hydrogen (secondary N) is 1. The standard InChI is InChI=1S/C12H14F4N2O/c13-9-2-1-8(11(19)12(14,15)16)7-10(9)18-5-3-17-4-6-18/h1-2,7,11,17,19H,3-6H2. The van der Waals surface area contributed by atoms with Crippen molar-refractivity contribution in [2.24, 2.45) is 0 Å². The van der Waals surface area contributed by atoms with E-state index in [2.05, 4.69) is 5.32 Å². The Hall–Kier alpha value is -1.34. The normalized spacial score (nSPS) is 18.5. The SMILES string of the molecule is OC(c1ccc(F)c(N2CCNCC2)c1)C(F)(F)F. The van der Waals surface area contributed by atoms with E-state index in [1.807, 2.05) is 0 Å². The lowest BCUT2D eigenvalue weighted by Gasteiger charge is -2.30. The van der Waals surface area contributed by atoms with Crippen molar-refractivity contribution in [2.75, 3.05) is 31.1 Å². The fraction of sp³-hybridized carbons (Fsp3) is 0.500. The zero-order valence-corrected chi connectivity index (χ0v) is 10.0. The van der Waals surface area contributed by atoms with Crippen molar-refractivity contribution in [3.05, 3.63) is 29.6 Å². The number of benzene rings is 1. The third kappa shape index (κ3) is 3.16. The van der Waals surface area contributed by atoms with Crippen LogP contribution in [0.3, 0.4) is 0 Å². The van der Waals surface area contributed by atoms with Gasteiger partial charge in [-0.3, -0.25) is 0 Å². The Bertz CT molecular complexity index is 444. The Morgan fingerprint density at radius 2 is 1.84 bits per heavy atom. The number of aliphatic hydroxyl groups excluding tert-OH is 1. The number of halogens is 4. The quantitative estimate of drug-likeness (QED) is 0.810. The van der Waals surface area contributed by atoms with E-state index in [0.29, 0.717) is 26.2 Å². The highest BCUT2D eigenvalue weighted by Gasteiger charge is 2.39. The molecule has 1 aromatic rings. The van der Waals surface area contributed by atoms with Crippen molar-refractivity contribution in [3.8, 4) is 0 Å². The van der Waals surface area contributed by atoms with E-state index in [-0.39, 0.29) is 11.3 Å². The average molecular weight is 278 g/mol. The minimum Gasteiger partial charge on any atom is -0.379 e. The summed E-state index contributed by atoms with van der Waals surface area (Å²) in [4.78, 5) is 1.67. The molecule has 3 nitrogen and oxygen atoms in total. The second kappa shape index (κ2) is 5.34. The molecular formula is C12H14F4N2O. The molecule has 1 aliphatic heterocycles. The lowest BCUT2D eigenvalue weighted by atomic mass is 10.1. The fourth-order valence-corrected chi connectivity index (χ4v) is 2.04. The Balaban J connectivity index is 2.28. The van der Waals surface area contributed by atoms with Crippen molar-refractivity contribution in [1.29, 1.82) is 0 Å². The van der Waals surface area contributed by atoms with E-state index < -0.39 is 18.1 Å². The van der Waals surface area contributed by atoms with Gasteiger partial charge in [0.1, 0.15) is 5.82 Å². The first-order valence-electron chi connectivity index (χ1n) is 5.89. The van der Waals surface area contributed by atoms with Gasteiger partial charge in [0.2, 0.25) is 0 Å². The first-order valence-corrected chi connectivity index (χ1v) is 5.89. The molecule has 0 radical (unpaired) electrons. The molecule has 2 rings (SSSR count). The van der Waals surface area contributed by atoms with Gasteiger partial charge in [-0.15, -0.1) is 0 Å². The van der Waals surface area contributed by atoms with Gasteiger partial charge in [0, 0.05) is 26.2 Å². The van der Waals surface area contributed by atoms with Crippen molar-refractivity contribution in [1.82, 2.24) is 5.32 Å². The van der Waals surface area contributed by atoms with E-state index in [1.54, 1.807) is 4.90 Å². The lowest BCUT2D eigenvalue weighted by Crippen LogP contribution is -2.44. The van der Waals surface area contributed by atoms with Crippen LogP contribution in [-0.4, -0.2) is 37.5 Å². The molecule has 2 N–H and O–H groups in total. The predicted octanol–water partition coefficient (Wildman–Crippen LogP) is 1.83. The van der Waals surface area contributed by atoms with Crippen molar-refractivity contribution >= 4 is 5.69 Å². The molecule has 1 heterocycles. The van der Waals surface area contributed by atoms with E-state index in [9.17, 15) is 22.7 Å². The van der Waals surface area contributed by atoms with Crippen LogP contribution < -0.4 is 10.2 Å². The summed E-state index contributed by atoms with van der Waals surface area (Å²) in [7, 11) is 0. The summed E-state index contributed by atoms with van der Waals surface area (Å²) in [5.74, 6) is -0.583. The first-order chi connectivity index (χ1) is 8.89. The Morgan fingerprint density at radius 1 is 1.21 bits per heavy atom. The summed E-state index contributed by atoms with van der Waals surface area (Å²) < 4.78 is 51.0. The molecule has 0 saturated carbocycles. The summed E-state index contributed by atoms with van der Waals surface area (Å²) in [6, 6.07) is 2.99. The van der Waals surface area contributed by atoms with Crippen LogP contribution in [0.4, 0.5) is 23.2 Å². The molecule has 1 atom stereocenters. The van der Waals surface area contributed by atoms with Gasteiger partial charge in [-0.2, -0.15) is 13.2 Å². The van der Waals surface area contributed by atoms with Crippen molar-refractivity contribution in [2.45, 2.75) is 12.3 Å². The summed E-state index contributed by atoms with van der Waals surface area (Å²) in [6.07, 6.45) is -7.34. The fourth-order valence-electron chi connectivity index (χ4n) is 2.04. The first kappa shape index (κ1) is 14.1.